The Kier molecular flexibility index (Phi) is 2.49. The molecule has 0 aliphatic carbocycles. The first kappa shape index (κ1) is 9.20. The average Bonchev–Trinajstić information content (AvgIpc) is 2.46. The van der Waals surface area contributed by atoms with Crippen molar-refractivity contribution in [1.29, 1.82) is 0 Å². The van der Waals surface area contributed by atoms with Crippen LogP contribution in [0.15, 0.2) is 0 Å². The van der Waals surface area contributed by atoms with Crippen molar-refractivity contribution in [3.63, 3.8) is 0 Å². The smallest absolute Gasteiger partial charge is 0.233 e. The number of nitrogen functional groups attached to an aromatic ring is 1. The largest absolute Gasteiger partial charge is 0.367 e. The molecule has 0 unspecified atom stereocenters. The van der Waals surface area contributed by atoms with Gasteiger partial charge in [-0.3, -0.25) is 4.79 Å². The minimum absolute atomic E-state index is 0.0880. The second kappa shape index (κ2) is 3.79. The van der Waals surface area contributed by atoms with Crippen LogP contribution < -0.4 is 16.0 Å². The highest BCUT2D eigenvalue weighted by atomic mass is 32.1. The number of hydrogen-bond acceptors (Lipinski definition) is 6. The standard InChI is InChI=1S/C7H11N5OS/c8-6-10-7(14-11-6)12-3-1-5(13)9-2-4-12/h1-4H2,(H2,8,11)(H,9,13). The summed E-state index contributed by atoms with van der Waals surface area (Å²) >= 11 is 1.27. The lowest BCUT2D eigenvalue weighted by molar-refractivity contribution is -0.120. The Labute approximate surface area is 85.3 Å². The van der Waals surface area contributed by atoms with Crippen molar-refractivity contribution in [3.05, 3.63) is 0 Å². The first-order valence-electron chi connectivity index (χ1n) is 4.36. The molecular formula is C7H11N5OS. The molecule has 6 nitrogen and oxygen atoms in total. The van der Waals surface area contributed by atoms with E-state index < -0.39 is 0 Å². The van der Waals surface area contributed by atoms with Crippen molar-refractivity contribution < 1.29 is 4.79 Å². The normalized spacial score (nSPS) is 17.7. The predicted octanol–water partition coefficient (Wildman–Crippen LogP) is -0.553. The van der Waals surface area contributed by atoms with Crippen molar-refractivity contribution in [1.82, 2.24) is 14.7 Å². The Hall–Kier alpha value is -1.37. The summed E-state index contributed by atoms with van der Waals surface area (Å²) in [6.45, 7) is 2.10. The number of amides is 1. The van der Waals surface area contributed by atoms with Gasteiger partial charge < -0.3 is 16.0 Å². The monoisotopic (exact) mass is 213 g/mol. The maximum absolute atomic E-state index is 11.1. The number of aromatic nitrogens is 2. The summed E-state index contributed by atoms with van der Waals surface area (Å²) in [7, 11) is 0. The van der Waals surface area contributed by atoms with Crippen LogP contribution in [-0.2, 0) is 4.79 Å². The van der Waals surface area contributed by atoms with Crippen molar-refractivity contribution in [2.24, 2.45) is 0 Å². The van der Waals surface area contributed by atoms with Gasteiger partial charge in [-0.25, -0.2) is 0 Å². The molecule has 1 saturated heterocycles. The van der Waals surface area contributed by atoms with Crippen molar-refractivity contribution in [3.8, 4) is 0 Å². The number of nitrogens with one attached hydrogen (secondary N) is 1. The molecule has 3 N–H and O–H groups in total. The average molecular weight is 213 g/mol. The third-order valence-electron chi connectivity index (χ3n) is 2.01. The lowest BCUT2D eigenvalue weighted by atomic mass is 10.4. The van der Waals surface area contributed by atoms with Crippen LogP contribution in [0.4, 0.5) is 11.1 Å². The third-order valence-corrected chi connectivity index (χ3v) is 2.81. The molecule has 1 aromatic heterocycles. The molecule has 0 radical (unpaired) electrons. The Bertz CT molecular complexity index is 339. The van der Waals surface area contributed by atoms with Gasteiger partial charge >= 0.3 is 0 Å². The molecular weight excluding hydrogens is 202 g/mol. The van der Waals surface area contributed by atoms with E-state index in [0.717, 1.165) is 11.7 Å². The molecule has 0 spiro atoms. The molecule has 0 saturated carbocycles. The van der Waals surface area contributed by atoms with Gasteiger partial charge in [0.15, 0.2) is 0 Å². The molecule has 1 amide bonds. The first-order valence-corrected chi connectivity index (χ1v) is 5.14. The van der Waals surface area contributed by atoms with Gasteiger partial charge in [-0.2, -0.15) is 9.36 Å². The number of rotatable bonds is 1. The molecule has 7 heteroatoms. The highest BCUT2D eigenvalue weighted by Crippen LogP contribution is 2.18. The van der Waals surface area contributed by atoms with Gasteiger partial charge in [0.2, 0.25) is 17.0 Å². The molecule has 1 fully saturated rings. The van der Waals surface area contributed by atoms with Gasteiger partial charge in [0.05, 0.1) is 0 Å². The molecule has 0 aromatic carbocycles. The van der Waals surface area contributed by atoms with E-state index in [9.17, 15) is 4.79 Å². The molecule has 2 rings (SSSR count). The fraction of sp³-hybridized carbons (Fsp3) is 0.571. The Balaban J connectivity index is 2.07. The number of anilines is 2. The van der Waals surface area contributed by atoms with Gasteiger partial charge in [0.25, 0.3) is 0 Å². The summed E-state index contributed by atoms with van der Waals surface area (Å²) in [5.74, 6) is 0.388. The van der Waals surface area contributed by atoms with Crippen LogP contribution in [0, 0.1) is 0 Å². The van der Waals surface area contributed by atoms with Gasteiger partial charge in [-0.05, 0) is 0 Å². The van der Waals surface area contributed by atoms with Crippen molar-refractivity contribution >= 4 is 28.5 Å². The SMILES string of the molecule is Nc1nsc(N2CCNC(=O)CC2)n1. The molecule has 1 aliphatic heterocycles. The van der Waals surface area contributed by atoms with Crippen LogP contribution in [0.3, 0.4) is 0 Å². The Morgan fingerprint density at radius 3 is 3.07 bits per heavy atom. The van der Waals surface area contributed by atoms with E-state index in [0.29, 0.717) is 25.5 Å². The highest BCUT2D eigenvalue weighted by Gasteiger charge is 2.16. The molecule has 76 valence electrons. The van der Waals surface area contributed by atoms with Crippen LogP contribution in [-0.4, -0.2) is 34.9 Å². The number of carbonyl (C=O) groups excluding carboxylic acids is 1. The van der Waals surface area contributed by atoms with Gasteiger partial charge in [0, 0.05) is 37.6 Å². The topological polar surface area (TPSA) is 84.1 Å². The fourth-order valence-electron chi connectivity index (χ4n) is 1.31. The number of carbonyl (C=O) groups is 1. The van der Waals surface area contributed by atoms with Crippen LogP contribution >= 0.6 is 11.5 Å². The lowest BCUT2D eigenvalue weighted by Crippen LogP contribution is -2.28. The van der Waals surface area contributed by atoms with Crippen molar-refractivity contribution in [2.75, 3.05) is 30.3 Å². The van der Waals surface area contributed by atoms with E-state index in [-0.39, 0.29) is 5.91 Å². The van der Waals surface area contributed by atoms with Crippen LogP contribution in [0.25, 0.3) is 0 Å². The molecule has 1 aliphatic rings. The minimum Gasteiger partial charge on any atom is -0.367 e. The zero-order chi connectivity index (χ0) is 9.97. The van der Waals surface area contributed by atoms with E-state index in [2.05, 4.69) is 14.7 Å². The van der Waals surface area contributed by atoms with E-state index in [1.165, 1.54) is 11.5 Å². The Morgan fingerprint density at radius 1 is 1.50 bits per heavy atom. The maximum Gasteiger partial charge on any atom is 0.233 e. The summed E-state index contributed by atoms with van der Waals surface area (Å²) < 4.78 is 3.90. The van der Waals surface area contributed by atoms with Gasteiger partial charge in [-0.15, -0.1) is 0 Å². The second-order valence-electron chi connectivity index (χ2n) is 3.02. The summed E-state index contributed by atoms with van der Waals surface area (Å²) in [5, 5.41) is 3.59. The second-order valence-corrected chi connectivity index (χ2v) is 3.75. The molecule has 1 aromatic rings. The molecule has 14 heavy (non-hydrogen) atoms. The van der Waals surface area contributed by atoms with E-state index in [1.54, 1.807) is 0 Å². The summed E-state index contributed by atoms with van der Waals surface area (Å²) in [4.78, 5) is 17.2. The third kappa shape index (κ3) is 1.92. The molecule has 0 atom stereocenters. The summed E-state index contributed by atoms with van der Waals surface area (Å²) in [5.41, 5.74) is 5.43. The summed E-state index contributed by atoms with van der Waals surface area (Å²) in [6, 6.07) is 0. The maximum atomic E-state index is 11.1. The van der Waals surface area contributed by atoms with Crippen molar-refractivity contribution in [2.45, 2.75) is 6.42 Å². The van der Waals surface area contributed by atoms with Crippen LogP contribution in [0.1, 0.15) is 6.42 Å². The zero-order valence-electron chi connectivity index (χ0n) is 7.56. The highest BCUT2D eigenvalue weighted by molar-refractivity contribution is 7.09. The van der Waals surface area contributed by atoms with Gasteiger partial charge in [0.1, 0.15) is 0 Å². The fourth-order valence-corrected chi connectivity index (χ4v) is 1.96. The van der Waals surface area contributed by atoms with Gasteiger partial charge in [-0.1, -0.05) is 0 Å². The van der Waals surface area contributed by atoms with Crippen LogP contribution in [0.5, 0.6) is 0 Å². The number of nitrogens with zero attached hydrogens (tertiary/aromatic N) is 3. The molecule has 0 bridgehead atoms. The first-order chi connectivity index (χ1) is 6.75. The molecule has 2 heterocycles. The number of nitrogens with two attached hydrogens (primary N) is 1. The lowest BCUT2D eigenvalue weighted by Gasteiger charge is -2.16. The summed E-state index contributed by atoms with van der Waals surface area (Å²) in [6.07, 6.45) is 0.499. The van der Waals surface area contributed by atoms with E-state index in [1.807, 2.05) is 4.90 Å². The zero-order valence-corrected chi connectivity index (χ0v) is 8.38. The minimum atomic E-state index is 0.0880. The van der Waals surface area contributed by atoms with E-state index >= 15 is 0 Å². The Morgan fingerprint density at radius 2 is 2.36 bits per heavy atom. The van der Waals surface area contributed by atoms with Crippen LogP contribution in [0.2, 0.25) is 0 Å². The van der Waals surface area contributed by atoms with E-state index in [4.69, 9.17) is 5.73 Å². The quantitative estimate of drug-likeness (QED) is 0.653. The number of hydrogen-bond donors (Lipinski definition) is 2. The predicted molar refractivity (Wildman–Crippen MR) is 54.2 cm³/mol.